The maximum absolute atomic E-state index is 13.8. The van der Waals surface area contributed by atoms with Gasteiger partial charge in [0.2, 0.25) is 11.8 Å². The number of pyridine rings is 1. The van der Waals surface area contributed by atoms with Crippen molar-refractivity contribution in [2.75, 3.05) is 0 Å². The minimum Gasteiger partial charge on any atom is -0.351 e. The molecule has 2 amide bonds. The van der Waals surface area contributed by atoms with E-state index in [1.54, 1.807) is 12.4 Å². The molecule has 0 spiro atoms. The Balaban J connectivity index is 1.50. The van der Waals surface area contributed by atoms with Crippen molar-refractivity contribution in [3.8, 4) is 0 Å². The Hall–Kier alpha value is -4.65. The third kappa shape index (κ3) is 10.8. The summed E-state index contributed by atoms with van der Waals surface area (Å²) in [4.78, 5) is 57.6. The number of carbonyl (C=O) groups excluding carboxylic acids is 4. The Kier molecular flexibility index (Phi) is 11.7. The molecule has 7 nitrogen and oxygen atoms in total. The number of Topliss-reactive ketones (excluding diaryl/α,β-unsaturated/α-hetero) is 2. The van der Waals surface area contributed by atoms with E-state index in [9.17, 15) is 19.2 Å². The second-order valence-corrected chi connectivity index (χ2v) is 12.7. The van der Waals surface area contributed by atoms with Crippen LogP contribution in [0.25, 0.3) is 10.8 Å². The minimum absolute atomic E-state index is 0.0810. The Morgan fingerprint density at radius 2 is 1.42 bits per heavy atom. The molecule has 1 aromatic heterocycles. The molecule has 0 fully saturated rings. The number of nitrogens with one attached hydrogen (secondary N) is 2. The van der Waals surface area contributed by atoms with Crippen LogP contribution in [0.4, 0.5) is 0 Å². The van der Waals surface area contributed by atoms with Crippen molar-refractivity contribution < 1.29 is 19.2 Å². The second kappa shape index (κ2) is 15.9. The summed E-state index contributed by atoms with van der Waals surface area (Å²) in [6, 6.07) is 26.6. The van der Waals surface area contributed by atoms with Gasteiger partial charge in [-0.3, -0.25) is 24.2 Å². The molecule has 1 heterocycles. The lowest BCUT2D eigenvalue weighted by Gasteiger charge is -2.24. The van der Waals surface area contributed by atoms with Crippen molar-refractivity contribution in [1.82, 2.24) is 15.6 Å². The third-order valence-electron chi connectivity index (χ3n) is 7.74. The van der Waals surface area contributed by atoms with Gasteiger partial charge in [0.15, 0.2) is 5.78 Å². The molecule has 45 heavy (non-hydrogen) atoms. The lowest BCUT2D eigenvalue weighted by molar-refractivity contribution is -0.135. The van der Waals surface area contributed by atoms with Crippen LogP contribution in [0.5, 0.6) is 0 Å². The number of benzene rings is 3. The fraction of sp³-hybridized carbons (Fsp3) is 0.342. The molecule has 0 aliphatic rings. The number of hydrogen-bond acceptors (Lipinski definition) is 5. The zero-order valence-corrected chi connectivity index (χ0v) is 26.4. The number of amides is 2. The largest absolute Gasteiger partial charge is 0.351 e. The smallest absolute Gasteiger partial charge is 0.224 e. The topological polar surface area (TPSA) is 105 Å². The van der Waals surface area contributed by atoms with Crippen LogP contribution in [-0.4, -0.2) is 39.9 Å². The van der Waals surface area contributed by atoms with Gasteiger partial charge in [0.05, 0.1) is 12.0 Å². The van der Waals surface area contributed by atoms with Gasteiger partial charge in [0, 0.05) is 43.6 Å². The summed E-state index contributed by atoms with van der Waals surface area (Å²) in [5.41, 5.74) is 2.47. The van der Waals surface area contributed by atoms with Crippen molar-refractivity contribution in [3.05, 3.63) is 114 Å². The quantitative estimate of drug-likeness (QED) is 0.174. The van der Waals surface area contributed by atoms with E-state index in [1.165, 1.54) is 0 Å². The van der Waals surface area contributed by atoms with Crippen LogP contribution in [0.3, 0.4) is 0 Å². The van der Waals surface area contributed by atoms with Gasteiger partial charge in [-0.05, 0) is 79.6 Å². The van der Waals surface area contributed by atoms with Gasteiger partial charge in [-0.15, -0.1) is 0 Å². The summed E-state index contributed by atoms with van der Waals surface area (Å²) < 4.78 is 0. The van der Waals surface area contributed by atoms with Gasteiger partial charge in [0.1, 0.15) is 5.78 Å². The van der Waals surface area contributed by atoms with E-state index in [2.05, 4.69) is 15.6 Å². The highest BCUT2D eigenvalue weighted by molar-refractivity contribution is 5.94. The van der Waals surface area contributed by atoms with Crippen LogP contribution in [0, 0.1) is 5.92 Å². The first-order valence-corrected chi connectivity index (χ1v) is 15.6. The number of rotatable bonds is 15. The number of aryl methyl sites for hydroxylation is 2. The molecule has 0 aliphatic heterocycles. The summed E-state index contributed by atoms with van der Waals surface area (Å²) >= 11 is 0. The van der Waals surface area contributed by atoms with Gasteiger partial charge in [0.25, 0.3) is 0 Å². The minimum atomic E-state index is -0.901. The third-order valence-corrected chi connectivity index (χ3v) is 7.74. The molecule has 0 saturated heterocycles. The zero-order valence-electron chi connectivity index (χ0n) is 26.4. The van der Waals surface area contributed by atoms with Crippen molar-refractivity contribution >= 4 is 34.2 Å². The molecule has 2 atom stereocenters. The highest BCUT2D eigenvalue weighted by Gasteiger charge is 2.30. The Bertz CT molecular complexity index is 1590. The summed E-state index contributed by atoms with van der Waals surface area (Å²) in [5.74, 6) is -1.89. The molecule has 0 aliphatic carbocycles. The Morgan fingerprint density at radius 3 is 2.16 bits per heavy atom. The molecule has 234 valence electrons. The molecule has 3 aromatic carbocycles. The number of hydrogen-bond donors (Lipinski definition) is 2. The molecule has 0 unspecified atom stereocenters. The van der Waals surface area contributed by atoms with E-state index < -0.39 is 23.4 Å². The lowest BCUT2D eigenvalue weighted by Crippen LogP contribution is -2.47. The van der Waals surface area contributed by atoms with Crippen LogP contribution in [0.2, 0.25) is 0 Å². The maximum Gasteiger partial charge on any atom is 0.224 e. The van der Waals surface area contributed by atoms with Crippen LogP contribution in [0.1, 0.15) is 63.1 Å². The fourth-order valence-corrected chi connectivity index (χ4v) is 5.49. The normalized spacial score (nSPS) is 12.7. The predicted molar refractivity (Wildman–Crippen MR) is 178 cm³/mol. The second-order valence-electron chi connectivity index (χ2n) is 12.7. The van der Waals surface area contributed by atoms with E-state index in [0.717, 1.165) is 27.5 Å². The summed E-state index contributed by atoms with van der Waals surface area (Å²) in [6.45, 7) is 5.60. The molecular weight excluding hydrogens is 562 g/mol. The molecular formula is C38H43N3O4. The van der Waals surface area contributed by atoms with Crippen LogP contribution >= 0.6 is 0 Å². The number of ketones is 2. The fourth-order valence-electron chi connectivity index (χ4n) is 5.49. The Morgan fingerprint density at radius 1 is 0.733 bits per heavy atom. The highest BCUT2D eigenvalue weighted by Crippen LogP contribution is 2.21. The van der Waals surface area contributed by atoms with Crippen molar-refractivity contribution in [1.29, 1.82) is 0 Å². The zero-order chi connectivity index (χ0) is 32.2. The number of fused-ring (bicyclic) bond motifs is 1. The molecule has 0 saturated carbocycles. The van der Waals surface area contributed by atoms with E-state index in [4.69, 9.17) is 0 Å². The van der Waals surface area contributed by atoms with E-state index >= 15 is 0 Å². The number of carbonyl (C=O) groups is 4. The predicted octanol–water partition coefficient (Wildman–Crippen LogP) is 5.98. The molecule has 4 aromatic rings. The monoisotopic (exact) mass is 605 g/mol. The number of aromatic nitrogens is 1. The first kappa shape index (κ1) is 33.2. The van der Waals surface area contributed by atoms with Gasteiger partial charge in [-0.1, -0.05) is 72.8 Å². The van der Waals surface area contributed by atoms with Crippen molar-refractivity contribution in [3.63, 3.8) is 0 Å². The highest BCUT2D eigenvalue weighted by atomic mass is 16.2. The van der Waals surface area contributed by atoms with E-state index in [-0.39, 0.29) is 49.6 Å². The van der Waals surface area contributed by atoms with E-state index in [0.29, 0.717) is 12.8 Å². The number of nitrogens with zero attached hydrogens (tertiary/aromatic N) is 1. The maximum atomic E-state index is 13.8. The molecule has 2 N–H and O–H groups in total. The molecule has 0 radical (unpaired) electrons. The SMILES string of the molecule is CC(C)(C)NC(=O)C[C@H](CC(=O)CCc1ccccc1)C(=O)N[C@@H](Cc1ccncc1)C(=O)CCc1cccc2ccccc12. The summed E-state index contributed by atoms with van der Waals surface area (Å²) in [6.07, 6.45) is 4.94. The first-order chi connectivity index (χ1) is 21.6. The van der Waals surface area contributed by atoms with Gasteiger partial charge >= 0.3 is 0 Å². The average Bonchev–Trinajstić information content (AvgIpc) is 3.02. The first-order valence-electron chi connectivity index (χ1n) is 15.6. The summed E-state index contributed by atoms with van der Waals surface area (Å²) in [5, 5.41) is 8.05. The van der Waals surface area contributed by atoms with Gasteiger partial charge in [-0.2, -0.15) is 0 Å². The van der Waals surface area contributed by atoms with Crippen LogP contribution < -0.4 is 10.6 Å². The van der Waals surface area contributed by atoms with Crippen molar-refractivity contribution in [2.24, 2.45) is 5.92 Å². The average molecular weight is 606 g/mol. The molecule has 0 bridgehead atoms. The van der Waals surface area contributed by atoms with Gasteiger partial charge in [-0.25, -0.2) is 0 Å². The molecule has 4 rings (SSSR count). The summed E-state index contributed by atoms with van der Waals surface area (Å²) in [7, 11) is 0. The molecule has 7 heteroatoms. The Labute approximate surface area is 265 Å². The van der Waals surface area contributed by atoms with E-state index in [1.807, 2.05) is 106 Å². The lowest BCUT2D eigenvalue weighted by atomic mass is 9.92. The van der Waals surface area contributed by atoms with Crippen LogP contribution in [-0.2, 0) is 38.4 Å². The standard InChI is InChI=1S/C38H43N3O4/c1-38(2,3)41-36(44)26-31(25-32(42)18-16-27-10-5-4-6-11-27)37(45)40-34(24-28-20-22-39-23-21-28)35(43)19-17-30-14-9-13-29-12-7-8-15-33(29)30/h4-15,20-23,31,34H,16-19,24-26H2,1-3H3,(H,40,45)(H,41,44)/t31-,34-/m0/s1. The van der Waals surface area contributed by atoms with Gasteiger partial charge < -0.3 is 10.6 Å². The van der Waals surface area contributed by atoms with Crippen molar-refractivity contribution in [2.45, 2.75) is 77.3 Å². The van der Waals surface area contributed by atoms with Crippen LogP contribution in [0.15, 0.2) is 97.3 Å².